The highest BCUT2D eigenvalue weighted by Crippen LogP contribution is 2.50. The monoisotopic (exact) mass is 542 g/mol. The van der Waals surface area contributed by atoms with Crippen LogP contribution in [0.5, 0.6) is 0 Å². The van der Waals surface area contributed by atoms with Crippen molar-refractivity contribution in [3.05, 3.63) is 51.4 Å². The van der Waals surface area contributed by atoms with Crippen LogP contribution in [0.3, 0.4) is 0 Å². The van der Waals surface area contributed by atoms with Gasteiger partial charge in [-0.05, 0) is 36.1 Å². The van der Waals surface area contributed by atoms with Crippen molar-refractivity contribution in [1.82, 2.24) is 5.10 Å². The Morgan fingerprint density at radius 1 is 1.03 bits per heavy atom. The van der Waals surface area contributed by atoms with Crippen LogP contribution in [0.25, 0.3) is 16.8 Å². The maximum Gasteiger partial charge on any atom is 0.291 e. The number of anilines is 1. The SMILES string of the molecule is Cc1n[n+](CCCS(=O)(=O)O)c(/C=C2\Sc3ccc4ccccc4c3N2CCCS(=O)(=O)O)s1. The van der Waals surface area contributed by atoms with Gasteiger partial charge in [0.25, 0.3) is 25.2 Å². The van der Waals surface area contributed by atoms with Crippen molar-refractivity contribution >= 4 is 65.9 Å². The first-order chi connectivity index (χ1) is 16.0. The van der Waals surface area contributed by atoms with E-state index in [4.69, 9.17) is 4.55 Å². The molecule has 3 aromatic rings. The molecule has 0 amide bonds. The summed E-state index contributed by atoms with van der Waals surface area (Å²) in [5, 5.41) is 9.08. The van der Waals surface area contributed by atoms with Gasteiger partial charge < -0.3 is 4.90 Å². The minimum absolute atomic E-state index is 0.221. The van der Waals surface area contributed by atoms with Crippen LogP contribution in [0, 0.1) is 6.92 Å². The molecule has 0 atom stereocenters. The minimum Gasteiger partial charge on any atom is -0.334 e. The molecule has 0 bridgehead atoms. The first-order valence-corrected chi connectivity index (χ1v) is 15.3. The molecule has 0 aliphatic carbocycles. The number of fused-ring (bicyclic) bond motifs is 3. The average molecular weight is 543 g/mol. The van der Waals surface area contributed by atoms with Gasteiger partial charge in [0, 0.05) is 28.3 Å². The molecule has 0 saturated heterocycles. The highest BCUT2D eigenvalue weighted by atomic mass is 32.2. The Morgan fingerprint density at radius 3 is 2.47 bits per heavy atom. The van der Waals surface area contributed by atoms with E-state index in [2.05, 4.69) is 10.00 Å². The third kappa shape index (κ3) is 6.15. The third-order valence-electron chi connectivity index (χ3n) is 5.19. The predicted molar refractivity (Wildman–Crippen MR) is 134 cm³/mol. The number of thioether (sulfide) groups is 1. The molecule has 34 heavy (non-hydrogen) atoms. The van der Waals surface area contributed by atoms with Gasteiger partial charge in [0.05, 0.1) is 28.3 Å². The summed E-state index contributed by atoms with van der Waals surface area (Å²) in [7, 11) is -8.12. The van der Waals surface area contributed by atoms with Crippen molar-refractivity contribution < 1.29 is 30.6 Å². The number of nitrogens with zero attached hydrogens (tertiary/aromatic N) is 3. The zero-order valence-corrected chi connectivity index (χ0v) is 21.6. The summed E-state index contributed by atoms with van der Waals surface area (Å²) in [6, 6.07) is 12.1. The Labute approximate surface area is 206 Å². The Morgan fingerprint density at radius 2 is 1.74 bits per heavy atom. The molecular formula is C21H24N3O6S4+. The van der Waals surface area contributed by atoms with E-state index in [1.807, 2.05) is 49.4 Å². The quantitative estimate of drug-likeness (QED) is 0.309. The maximum atomic E-state index is 11.3. The average Bonchev–Trinajstić information content (AvgIpc) is 3.26. The number of aryl methyl sites for hydroxylation is 2. The Bertz CT molecular complexity index is 1460. The molecule has 2 heterocycles. The van der Waals surface area contributed by atoms with Gasteiger partial charge in [-0.25, -0.2) is 0 Å². The van der Waals surface area contributed by atoms with Gasteiger partial charge >= 0.3 is 0 Å². The highest BCUT2D eigenvalue weighted by Gasteiger charge is 2.29. The van der Waals surface area contributed by atoms with Crippen molar-refractivity contribution in [2.45, 2.75) is 31.2 Å². The molecule has 2 N–H and O–H groups in total. The summed E-state index contributed by atoms with van der Waals surface area (Å²) < 4.78 is 64.7. The molecule has 2 aromatic carbocycles. The standard InChI is InChI=1S/C21H23N3O6S4/c1-15-22-24(11-5-13-34(28,29)30)20(31-15)14-19-23(10-4-12-33(25,26)27)21-17-7-3-2-6-16(17)8-9-18(21)32-19/h2-3,6-9,14H,4-5,10-13H2,1H3,(H-,25,26,27,28,29,30)/p+1. The van der Waals surface area contributed by atoms with Gasteiger partial charge in [0.15, 0.2) is 11.6 Å². The largest absolute Gasteiger partial charge is 0.334 e. The van der Waals surface area contributed by atoms with Gasteiger partial charge in [-0.1, -0.05) is 46.8 Å². The molecule has 0 fully saturated rings. The lowest BCUT2D eigenvalue weighted by Gasteiger charge is -2.21. The first-order valence-electron chi connectivity index (χ1n) is 10.5. The van der Waals surface area contributed by atoms with E-state index in [0.29, 0.717) is 13.1 Å². The summed E-state index contributed by atoms with van der Waals surface area (Å²) in [6.07, 6.45) is 2.43. The molecule has 0 spiro atoms. The lowest BCUT2D eigenvalue weighted by atomic mass is 10.1. The van der Waals surface area contributed by atoms with Gasteiger partial charge in [-0.2, -0.15) is 16.8 Å². The summed E-state index contributed by atoms with van der Waals surface area (Å²) in [4.78, 5) is 3.10. The molecular weight excluding hydrogens is 519 g/mol. The van der Waals surface area contributed by atoms with E-state index in [-0.39, 0.29) is 24.3 Å². The minimum atomic E-state index is -4.07. The van der Waals surface area contributed by atoms with Gasteiger partial charge in [0.1, 0.15) is 0 Å². The number of hydrogen-bond donors (Lipinski definition) is 2. The number of hydrogen-bond acceptors (Lipinski definition) is 8. The third-order valence-corrected chi connectivity index (χ3v) is 8.81. The predicted octanol–water partition coefficient (Wildman–Crippen LogP) is 3.36. The maximum absolute atomic E-state index is 11.3. The molecule has 0 saturated carbocycles. The molecule has 182 valence electrons. The molecule has 0 unspecified atom stereocenters. The van der Waals surface area contributed by atoms with E-state index >= 15 is 0 Å². The van der Waals surface area contributed by atoms with Crippen LogP contribution in [0.4, 0.5) is 5.69 Å². The highest BCUT2D eigenvalue weighted by molar-refractivity contribution is 8.04. The number of aromatic nitrogens is 2. The molecule has 0 radical (unpaired) electrons. The van der Waals surface area contributed by atoms with Crippen molar-refractivity contribution in [3.8, 4) is 0 Å². The van der Waals surface area contributed by atoms with Crippen LogP contribution in [0.15, 0.2) is 46.3 Å². The second kappa shape index (κ2) is 9.91. The van der Waals surface area contributed by atoms with E-state index < -0.39 is 20.2 Å². The summed E-state index contributed by atoms with van der Waals surface area (Å²) in [5.74, 6) is -0.683. The fourth-order valence-corrected chi connectivity index (χ4v) is 6.87. The van der Waals surface area contributed by atoms with Crippen LogP contribution in [0.2, 0.25) is 0 Å². The Hall–Kier alpha value is -2.03. The van der Waals surface area contributed by atoms with Gasteiger partial charge in [-0.15, -0.1) is 0 Å². The van der Waals surface area contributed by atoms with E-state index in [0.717, 1.165) is 36.4 Å². The first kappa shape index (κ1) is 25.1. The molecule has 4 rings (SSSR count). The van der Waals surface area contributed by atoms with Crippen LogP contribution in [-0.4, -0.2) is 49.1 Å². The summed E-state index contributed by atoms with van der Waals surface area (Å²) in [5.41, 5.74) is 0.990. The normalized spacial score (nSPS) is 15.4. The van der Waals surface area contributed by atoms with Crippen molar-refractivity contribution in [1.29, 1.82) is 0 Å². The number of rotatable bonds is 9. The number of benzene rings is 2. The van der Waals surface area contributed by atoms with Gasteiger partial charge in [-0.3, -0.25) is 9.11 Å². The van der Waals surface area contributed by atoms with E-state index in [9.17, 15) is 21.4 Å². The van der Waals surface area contributed by atoms with Crippen molar-refractivity contribution in [2.24, 2.45) is 0 Å². The van der Waals surface area contributed by atoms with Crippen LogP contribution in [-0.2, 0) is 26.8 Å². The summed E-state index contributed by atoms with van der Waals surface area (Å²) >= 11 is 3.02. The molecule has 9 nitrogen and oxygen atoms in total. The molecule has 1 aromatic heterocycles. The Kier molecular flexibility index (Phi) is 7.31. The van der Waals surface area contributed by atoms with Crippen LogP contribution >= 0.6 is 23.1 Å². The summed E-state index contributed by atoms with van der Waals surface area (Å²) in [6.45, 7) is 2.58. The zero-order chi connectivity index (χ0) is 24.5. The Balaban J connectivity index is 1.69. The van der Waals surface area contributed by atoms with Gasteiger partial charge in [0.2, 0.25) is 0 Å². The second-order valence-corrected chi connectivity index (χ2v) is 13.3. The molecule has 1 aliphatic rings. The van der Waals surface area contributed by atoms with E-state index in [1.54, 1.807) is 16.4 Å². The smallest absolute Gasteiger partial charge is 0.291 e. The lowest BCUT2D eigenvalue weighted by molar-refractivity contribution is -0.750. The fourth-order valence-electron chi connectivity index (χ4n) is 3.82. The second-order valence-electron chi connectivity index (χ2n) is 7.83. The van der Waals surface area contributed by atoms with Crippen molar-refractivity contribution in [2.75, 3.05) is 23.0 Å². The van der Waals surface area contributed by atoms with Crippen LogP contribution < -0.4 is 9.58 Å². The van der Waals surface area contributed by atoms with Crippen LogP contribution in [0.1, 0.15) is 22.9 Å². The molecule has 1 aliphatic heterocycles. The molecule has 13 heteroatoms. The zero-order valence-electron chi connectivity index (χ0n) is 18.3. The van der Waals surface area contributed by atoms with Crippen molar-refractivity contribution in [3.63, 3.8) is 0 Å². The lowest BCUT2D eigenvalue weighted by Crippen LogP contribution is -2.39. The van der Waals surface area contributed by atoms with E-state index in [1.165, 1.54) is 11.3 Å². The fraction of sp³-hybridized carbons (Fsp3) is 0.333. The topological polar surface area (TPSA) is 129 Å².